The Morgan fingerprint density at radius 1 is 0.729 bits per heavy atom. The van der Waals surface area contributed by atoms with Gasteiger partial charge in [0.15, 0.2) is 0 Å². The van der Waals surface area contributed by atoms with Gasteiger partial charge in [0.05, 0.1) is 0 Å². The first kappa shape index (κ1) is 36.6. The zero-order valence-corrected chi connectivity index (χ0v) is 28.4. The van der Waals surface area contributed by atoms with Gasteiger partial charge in [-0.15, -0.1) is 0 Å². The van der Waals surface area contributed by atoms with Crippen molar-refractivity contribution < 1.29 is 0 Å². The standard InChI is InChI=1S/C46H48N2/c1-7-13-16-17-19-25-42-36-41(33-34-46(42)48-44-29-20-18-21-30-44)40-27-22-26-39(35-40)38(24-14-8-2)32-31-37(11-5)45(23-10-4)47-43(12-6)28-15-9-3/h7-24,26-30,32-36,47-48H,1-2,4,6,25,31H2,3,5H3/b15-9-,16-13-,19-17-,24-14-,37-11-,38-32+,43-28+,45-23+. The van der Waals surface area contributed by atoms with Crippen LogP contribution >= 0.6 is 0 Å². The summed E-state index contributed by atoms with van der Waals surface area (Å²) < 4.78 is 0. The van der Waals surface area contributed by atoms with Crippen molar-refractivity contribution in [3.05, 3.63) is 224 Å². The highest BCUT2D eigenvalue weighted by atomic mass is 14.9. The van der Waals surface area contributed by atoms with Gasteiger partial charge in [-0.1, -0.05) is 148 Å². The predicted octanol–water partition coefficient (Wildman–Crippen LogP) is 12.7. The molecule has 0 bridgehead atoms. The summed E-state index contributed by atoms with van der Waals surface area (Å²) in [4.78, 5) is 0. The Balaban J connectivity index is 1.99. The SMILES string of the molecule is C=C/C=C\C=C/Cc1cc(-c2cccc(C(/C=C\C=C)=C/CC(=C/C)/C(=C\C=C)N/C(C=C)=C/C=C\C)c2)ccc1Nc1ccccc1. The molecular formula is C46H48N2. The fraction of sp³-hybridized carbons (Fsp3) is 0.0870. The summed E-state index contributed by atoms with van der Waals surface area (Å²) in [6.07, 6.45) is 33.3. The first-order chi connectivity index (χ1) is 23.6. The van der Waals surface area contributed by atoms with Gasteiger partial charge < -0.3 is 10.6 Å². The minimum absolute atomic E-state index is 0.717. The molecule has 3 aromatic rings. The van der Waals surface area contributed by atoms with E-state index in [4.69, 9.17) is 0 Å². The van der Waals surface area contributed by atoms with Crippen LogP contribution in [-0.2, 0) is 6.42 Å². The molecule has 48 heavy (non-hydrogen) atoms. The van der Waals surface area contributed by atoms with Crippen molar-refractivity contribution >= 4 is 16.9 Å². The molecule has 0 spiro atoms. The lowest BCUT2D eigenvalue weighted by Gasteiger charge is -2.15. The number of rotatable bonds is 18. The molecule has 242 valence electrons. The van der Waals surface area contributed by atoms with E-state index in [1.165, 1.54) is 5.56 Å². The van der Waals surface area contributed by atoms with E-state index in [1.807, 2.05) is 79.8 Å². The van der Waals surface area contributed by atoms with Crippen molar-refractivity contribution in [1.29, 1.82) is 0 Å². The summed E-state index contributed by atoms with van der Waals surface area (Å²) in [5.41, 5.74) is 10.9. The van der Waals surface area contributed by atoms with Crippen LogP contribution in [-0.4, -0.2) is 0 Å². The molecular weight excluding hydrogens is 581 g/mol. The van der Waals surface area contributed by atoms with E-state index < -0.39 is 0 Å². The molecule has 2 N–H and O–H groups in total. The second kappa shape index (κ2) is 21.0. The lowest BCUT2D eigenvalue weighted by atomic mass is 9.95. The topological polar surface area (TPSA) is 24.1 Å². The molecule has 0 radical (unpaired) electrons. The summed E-state index contributed by atoms with van der Waals surface area (Å²) in [5, 5.41) is 7.11. The summed E-state index contributed by atoms with van der Waals surface area (Å²) in [6.45, 7) is 19.6. The second-order valence-corrected chi connectivity index (χ2v) is 10.8. The summed E-state index contributed by atoms with van der Waals surface area (Å²) in [5.74, 6) is 0. The Hall–Kier alpha value is -5.86. The first-order valence-corrected chi connectivity index (χ1v) is 16.3. The number of benzene rings is 3. The van der Waals surface area contributed by atoms with Crippen LogP contribution in [0.15, 0.2) is 213 Å². The molecule has 2 heteroatoms. The highest BCUT2D eigenvalue weighted by Crippen LogP contribution is 2.31. The van der Waals surface area contributed by atoms with Crippen molar-refractivity contribution in [1.82, 2.24) is 5.32 Å². The van der Waals surface area contributed by atoms with Crippen LogP contribution in [0.5, 0.6) is 0 Å². The van der Waals surface area contributed by atoms with E-state index >= 15 is 0 Å². The van der Waals surface area contributed by atoms with Crippen molar-refractivity contribution in [2.24, 2.45) is 0 Å². The smallest absolute Gasteiger partial charge is 0.0420 e. The highest BCUT2D eigenvalue weighted by Gasteiger charge is 2.09. The Labute approximate surface area is 289 Å². The lowest BCUT2D eigenvalue weighted by Crippen LogP contribution is -2.13. The third-order valence-electron chi connectivity index (χ3n) is 7.42. The molecule has 0 unspecified atom stereocenters. The molecule has 0 aliphatic carbocycles. The molecule has 3 rings (SSSR count). The van der Waals surface area contributed by atoms with E-state index in [-0.39, 0.29) is 0 Å². The number of anilines is 2. The Bertz CT molecular complexity index is 1780. The number of allylic oxidation sites excluding steroid dienone is 18. The normalized spacial score (nSPS) is 13.0. The van der Waals surface area contributed by atoms with Gasteiger partial charge in [0.1, 0.15) is 0 Å². The molecule has 0 aliphatic heterocycles. The Morgan fingerprint density at radius 3 is 2.23 bits per heavy atom. The molecule has 2 nitrogen and oxygen atoms in total. The first-order valence-electron chi connectivity index (χ1n) is 16.3. The van der Waals surface area contributed by atoms with Crippen LogP contribution in [0.4, 0.5) is 11.4 Å². The largest absolute Gasteiger partial charge is 0.355 e. The fourth-order valence-electron chi connectivity index (χ4n) is 4.96. The average Bonchev–Trinajstić information content (AvgIpc) is 3.12. The van der Waals surface area contributed by atoms with E-state index in [2.05, 4.69) is 129 Å². The number of hydrogen-bond donors (Lipinski definition) is 2. The molecule has 0 atom stereocenters. The lowest BCUT2D eigenvalue weighted by molar-refractivity contribution is 0.987. The molecule has 0 aliphatic rings. The third kappa shape index (κ3) is 11.8. The monoisotopic (exact) mass is 628 g/mol. The number of para-hydroxylation sites is 1. The molecule has 0 aromatic heterocycles. The molecule has 0 fully saturated rings. The summed E-state index contributed by atoms with van der Waals surface area (Å²) >= 11 is 0. The molecule has 0 saturated heterocycles. The molecule has 0 heterocycles. The van der Waals surface area contributed by atoms with Gasteiger partial charge in [0.2, 0.25) is 0 Å². The minimum atomic E-state index is 0.717. The van der Waals surface area contributed by atoms with Gasteiger partial charge >= 0.3 is 0 Å². The molecule has 3 aromatic carbocycles. The molecule has 0 amide bonds. The highest BCUT2D eigenvalue weighted by molar-refractivity contribution is 5.79. The number of hydrogen-bond acceptors (Lipinski definition) is 2. The summed E-state index contributed by atoms with van der Waals surface area (Å²) in [7, 11) is 0. The van der Waals surface area contributed by atoms with Crippen molar-refractivity contribution in [2.75, 3.05) is 5.32 Å². The van der Waals surface area contributed by atoms with Gasteiger partial charge in [0, 0.05) is 22.8 Å². The van der Waals surface area contributed by atoms with E-state index in [0.717, 1.165) is 63.4 Å². The van der Waals surface area contributed by atoms with Crippen LogP contribution < -0.4 is 10.6 Å². The Morgan fingerprint density at radius 2 is 1.52 bits per heavy atom. The van der Waals surface area contributed by atoms with Gasteiger partial charge in [-0.05, 0) is 109 Å². The maximum Gasteiger partial charge on any atom is 0.0420 e. The zero-order valence-electron chi connectivity index (χ0n) is 28.4. The maximum absolute atomic E-state index is 3.97. The van der Waals surface area contributed by atoms with Crippen LogP contribution in [0, 0.1) is 0 Å². The van der Waals surface area contributed by atoms with E-state index in [9.17, 15) is 0 Å². The van der Waals surface area contributed by atoms with Gasteiger partial charge in [0.25, 0.3) is 0 Å². The Kier molecular flexibility index (Phi) is 16.0. The average molecular weight is 629 g/mol. The van der Waals surface area contributed by atoms with Crippen LogP contribution in [0.25, 0.3) is 16.7 Å². The van der Waals surface area contributed by atoms with Gasteiger partial charge in [-0.25, -0.2) is 0 Å². The second-order valence-electron chi connectivity index (χ2n) is 10.8. The van der Waals surface area contributed by atoms with Gasteiger partial charge in [-0.3, -0.25) is 0 Å². The fourth-order valence-corrected chi connectivity index (χ4v) is 4.96. The number of nitrogens with one attached hydrogen (secondary N) is 2. The minimum Gasteiger partial charge on any atom is -0.355 e. The predicted molar refractivity (Wildman–Crippen MR) is 214 cm³/mol. The molecule has 0 saturated carbocycles. The van der Waals surface area contributed by atoms with Crippen molar-refractivity contribution in [3.8, 4) is 11.1 Å². The maximum atomic E-state index is 3.97. The quantitative estimate of drug-likeness (QED) is 0.137. The summed E-state index contributed by atoms with van der Waals surface area (Å²) in [6, 6.07) is 25.6. The van der Waals surface area contributed by atoms with Gasteiger partial charge in [-0.2, -0.15) is 0 Å². The van der Waals surface area contributed by atoms with Crippen molar-refractivity contribution in [2.45, 2.75) is 26.7 Å². The van der Waals surface area contributed by atoms with E-state index in [0.29, 0.717) is 0 Å². The third-order valence-corrected chi connectivity index (χ3v) is 7.42. The van der Waals surface area contributed by atoms with Crippen LogP contribution in [0.2, 0.25) is 0 Å². The van der Waals surface area contributed by atoms with Crippen LogP contribution in [0.1, 0.15) is 31.4 Å². The van der Waals surface area contributed by atoms with E-state index in [1.54, 1.807) is 12.2 Å². The van der Waals surface area contributed by atoms with Crippen molar-refractivity contribution in [3.63, 3.8) is 0 Å². The van der Waals surface area contributed by atoms with Crippen LogP contribution in [0.3, 0.4) is 0 Å². The zero-order chi connectivity index (χ0) is 34.4.